The van der Waals surface area contributed by atoms with E-state index in [2.05, 4.69) is 15.7 Å². The second kappa shape index (κ2) is 8.12. The molecule has 0 atom stereocenters. The van der Waals surface area contributed by atoms with Crippen LogP contribution in [0.25, 0.3) is 0 Å². The highest BCUT2D eigenvalue weighted by Crippen LogP contribution is 2.18. The van der Waals surface area contributed by atoms with Gasteiger partial charge in [-0.3, -0.25) is 4.68 Å². The molecule has 1 aromatic heterocycles. The lowest BCUT2D eigenvalue weighted by molar-refractivity contribution is 0.204. The molecule has 2 rings (SSSR count). The van der Waals surface area contributed by atoms with Crippen molar-refractivity contribution in [1.82, 2.24) is 15.1 Å². The molecule has 0 spiro atoms. The van der Waals surface area contributed by atoms with Crippen LogP contribution in [0.15, 0.2) is 30.3 Å². The summed E-state index contributed by atoms with van der Waals surface area (Å²) in [4.78, 5) is 0. The highest BCUT2D eigenvalue weighted by atomic mass is 35.5. The quantitative estimate of drug-likeness (QED) is 0.626. The first-order valence-electron chi connectivity index (χ1n) is 6.92. The number of hydrogen-bond acceptors (Lipinski definition) is 3. The molecule has 118 valence electrons. The minimum absolute atomic E-state index is 0.527. The second-order valence-corrected chi connectivity index (χ2v) is 5.61. The molecule has 2 aromatic rings. The Hall–Kier alpha value is -1.63. The summed E-state index contributed by atoms with van der Waals surface area (Å²) in [6.07, 6.45) is 0. The van der Waals surface area contributed by atoms with Crippen molar-refractivity contribution >= 4 is 34.7 Å². The summed E-state index contributed by atoms with van der Waals surface area (Å²) >= 11 is 11.4. The molecule has 0 saturated heterocycles. The number of thiocarbonyl (C=S) groups is 1. The van der Waals surface area contributed by atoms with Crippen molar-refractivity contribution in [2.24, 2.45) is 0 Å². The van der Waals surface area contributed by atoms with Gasteiger partial charge in [0.05, 0.1) is 13.2 Å². The number of aromatic nitrogens is 2. The molecular formula is C15H19ClN4OS. The van der Waals surface area contributed by atoms with Crippen LogP contribution in [0.5, 0.6) is 0 Å². The van der Waals surface area contributed by atoms with Crippen molar-refractivity contribution in [3.8, 4) is 0 Å². The number of halogens is 1. The number of anilines is 1. The Morgan fingerprint density at radius 3 is 2.91 bits per heavy atom. The van der Waals surface area contributed by atoms with Gasteiger partial charge >= 0.3 is 0 Å². The number of hydrogen-bond donors (Lipinski definition) is 2. The fourth-order valence-corrected chi connectivity index (χ4v) is 2.35. The minimum atomic E-state index is 0.527. The van der Waals surface area contributed by atoms with Gasteiger partial charge in [-0.05, 0) is 30.8 Å². The Labute approximate surface area is 140 Å². The lowest BCUT2D eigenvalue weighted by Crippen LogP contribution is -2.31. The van der Waals surface area contributed by atoms with Crippen molar-refractivity contribution in [2.45, 2.75) is 13.5 Å². The first-order chi connectivity index (χ1) is 10.6. The Bertz CT molecular complexity index is 644. The van der Waals surface area contributed by atoms with Gasteiger partial charge in [0.1, 0.15) is 0 Å². The van der Waals surface area contributed by atoms with E-state index in [0.717, 1.165) is 16.3 Å². The van der Waals surface area contributed by atoms with E-state index < -0.39 is 0 Å². The molecule has 0 unspecified atom stereocenters. The maximum absolute atomic E-state index is 6.19. The van der Waals surface area contributed by atoms with Gasteiger partial charge in [-0.25, -0.2) is 0 Å². The lowest BCUT2D eigenvalue weighted by atomic mass is 10.2. The average Bonchev–Trinajstić information content (AvgIpc) is 2.81. The zero-order valence-corrected chi connectivity index (χ0v) is 14.2. The SMILES string of the molecule is COCCNC(=S)Nc1cc(C)n(Cc2ccccc2Cl)n1. The van der Waals surface area contributed by atoms with Crippen LogP contribution in [-0.4, -0.2) is 35.2 Å². The molecule has 0 fully saturated rings. The van der Waals surface area contributed by atoms with Gasteiger partial charge in [0.25, 0.3) is 0 Å². The first-order valence-corrected chi connectivity index (χ1v) is 7.70. The molecule has 1 heterocycles. The van der Waals surface area contributed by atoms with Gasteiger partial charge in [0.15, 0.2) is 10.9 Å². The number of nitrogens with one attached hydrogen (secondary N) is 2. The summed E-state index contributed by atoms with van der Waals surface area (Å²) in [5, 5.41) is 11.9. The normalized spacial score (nSPS) is 10.5. The summed E-state index contributed by atoms with van der Waals surface area (Å²) in [6, 6.07) is 9.70. The lowest BCUT2D eigenvalue weighted by Gasteiger charge is -2.08. The van der Waals surface area contributed by atoms with Crippen LogP contribution in [0.1, 0.15) is 11.3 Å². The van der Waals surface area contributed by atoms with Crippen LogP contribution in [-0.2, 0) is 11.3 Å². The largest absolute Gasteiger partial charge is 0.383 e. The highest BCUT2D eigenvalue weighted by molar-refractivity contribution is 7.80. The van der Waals surface area contributed by atoms with Crippen molar-refractivity contribution in [3.63, 3.8) is 0 Å². The number of benzene rings is 1. The smallest absolute Gasteiger partial charge is 0.172 e. The van der Waals surface area contributed by atoms with Crippen LogP contribution in [0.2, 0.25) is 5.02 Å². The predicted octanol–water partition coefficient (Wildman–Crippen LogP) is 2.83. The van der Waals surface area contributed by atoms with Crippen molar-refractivity contribution in [3.05, 3.63) is 46.6 Å². The van der Waals surface area contributed by atoms with Gasteiger partial charge in [0.2, 0.25) is 0 Å². The maximum Gasteiger partial charge on any atom is 0.172 e. The predicted molar refractivity (Wildman–Crippen MR) is 93.6 cm³/mol. The molecule has 0 aliphatic rings. The molecule has 0 radical (unpaired) electrons. The third-order valence-corrected chi connectivity index (χ3v) is 3.71. The maximum atomic E-state index is 6.19. The number of methoxy groups -OCH3 is 1. The van der Waals surface area contributed by atoms with Crippen LogP contribution < -0.4 is 10.6 Å². The molecule has 0 bridgehead atoms. The third kappa shape index (κ3) is 4.69. The van der Waals surface area contributed by atoms with Crippen LogP contribution >= 0.6 is 23.8 Å². The Morgan fingerprint density at radius 1 is 1.41 bits per heavy atom. The van der Waals surface area contributed by atoms with Gasteiger partial charge in [-0.15, -0.1) is 0 Å². The molecule has 2 N–H and O–H groups in total. The van der Waals surface area contributed by atoms with E-state index in [1.165, 1.54) is 0 Å². The fourth-order valence-electron chi connectivity index (χ4n) is 1.95. The number of nitrogens with zero attached hydrogens (tertiary/aromatic N) is 2. The van der Waals surface area contributed by atoms with Gasteiger partial charge in [0, 0.05) is 30.4 Å². The summed E-state index contributed by atoms with van der Waals surface area (Å²) < 4.78 is 6.85. The summed E-state index contributed by atoms with van der Waals surface area (Å²) in [6.45, 7) is 3.87. The molecule has 5 nitrogen and oxygen atoms in total. The zero-order valence-electron chi connectivity index (χ0n) is 12.6. The third-order valence-electron chi connectivity index (χ3n) is 3.09. The van der Waals surface area contributed by atoms with Gasteiger partial charge in [-0.2, -0.15) is 5.10 Å². The summed E-state index contributed by atoms with van der Waals surface area (Å²) in [5.74, 6) is 0.708. The molecule has 0 aliphatic heterocycles. The van der Waals surface area contributed by atoms with E-state index in [1.807, 2.05) is 41.9 Å². The standard InChI is InChI=1S/C15H19ClN4OS/c1-11-9-14(18-15(22)17-7-8-21-2)19-20(11)10-12-5-3-4-6-13(12)16/h3-6,9H,7-8,10H2,1-2H3,(H2,17,18,19,22). The van der Waals surface area contributed by atoms with E-state index >= 15 is 0 Å². The zero-order chi connectivity index (χ0) is 15.9. The first kappa shape index (κ1) is 16.7. The average molecular weight is 339 g/mol. The van der Waals surface area contributed by atoms with Crippen molar-refractivity contribution < 1.29 is 4.74 Å². The fraction of sp³-hybridized carbons (Fsp3) is 0.333. The van der Waals surface area contributed by atoms with Crippen LogP contribution in [0, 0.1) is 6.92 Å². The molecule has 0 amide bonds. The van der Waals surface area contributed by atoms with E-state index in [-0.39, 0.29) is 0 Å². The summed E-state index contributed by atoms with van der Waals surface area (Å²) in [7, 11) is 1.65. The Kier molecular flexibility index (Phi) is 6.18. The van der Waals surface area contributed by atoms with E-state index in [4.69, 9.17) is 28.6 Å². The van der Waals surface area contributed by atoms with Gasteiger partial charge < -0.3 is 15.4 Å². The highest BCUT2D eigenvalue weighted by Gasteiger charge is 2.08. The topological polar surface area (TPSA) is 51.1 Å². The van der Waals surface area contributed by atoms with Crippen molar-refractivity contribution in [1.29, 1.82) is 0 Å². The van der Waals surface area contributed by atoms with E-state index in [0.29, 0.717) is 30.6 Å². The molecule has 7 heteroatoms. The Balaban J connectivity index is 1.99. The Morgan fingerprint density at radius 2 is 2.18 bits per heavy atom. The van der Waals surface area contributed by atoms with E-state index in [1.54, 1.807) is 7.11 Å². The van der Waals surface area contributed by atoms with Crippen LogP contribution in [0.3, 0.4) is 0 Å². The monoisotopic (exact) mass is 338 g/mol. The molecular weight excluding hydrogens is 320 g/mol. The molecule has 22 heavy (non-hydrogen) atoms. The molecule has 0 aliphatic carbocycles. The second-order valence-electron chi connectivity index (χ2n) is 4.79. The van der Waals surface area contributed by atoms with E-state index in [9.17, 15) is 0 Å². The number of aryl methyl sites for hydroxylation is 1. The number of ether oxygens (including phenoxy) is 1. The van der Waals surface area contributed by atoms with Crippen LogP contribution in [0.4, 0.5) is 5.82 Å². The molecule has 0 saturated carbocycles. The van der Waals surface area contributed by atoms with Gasteiger partial charge in [-0.1, -0.05) is 29.8 Å². The molecule has 1 aromatic carbocycles. The summed E-state index contributed by atoms with van der Waals surface area (Å²) in [5.41, 5.74) is 2.06. The van der Waals surface area contributed by atoms with Crippen molar-refractivity contribution in [2.75, 3.05) is 25.6 Å². The number of rotatable bonds is 6. The minimum Gasteiger partial charge on any atom is -0.383 e.